The molecular formula is C14H20N4O2S. The molecule has 0 fully saturated rings. The van der Waals surface area contributed by atoms with E-state index < -0.39 is 10.0 Å². The number of nitrogen functional groups attached to an aromatic ring is 1. The maximum Gasteiger partial charge on any atom is 0.263 e. The summed E-state index contributed by atoms with van der Waals surface area (Å²) >= 11 is 0. The highest BCUT2D eigenvalue weighted by atomic mass is 32.2. The van der Waals surface area contributed by atoms with Crippen molar-refractivity contribution in [2.45, 2.75) is 38.0 Å². The zero-order chi connectivity index (χ0) is 15.8. The first-order valence-electron chi connectivity index (χ1n) is 6.55. The molecule has 1 heterocycles. The number of sulfonamides is 1. The minimum atomic E-state index is -3.71. The Balaban J connectivity index is 2.34. The molecular weight excluding hydrogens is 288 g/mol. The summed E-state index contributed by atoms with van der Waals surface area (Å²) in [6, 6.07) is 6.49. The van der Waals surface area contributed by atoms with Gasteiger partial charge in [0.15, 0.2) is 5.82 Å². The van der Waals surface area contributed by atoms with Gasteiger partial charge >= 0.3 is 0 Å². The van der Waals surface area contributed by atoms with E-state index in [4.69, 9.17) is 5.73 Å². The number of H-pyrrole nitrogens is 1. The first-order chi connectivity index (χ1) is 9.61. The van der Waals surface area contributed by atoms with Crippen molar-refractivity contribution in [2.75, 3.05) is 10.5 Å². The molecule has 0 spiro atoms. The third-order valence-electron chi connectivity index (χ3n) is 3.24. The molecule has 0 saturated carbocycles. The molecule has 0 amide bonds. The summed E-state index contributed by atoms with van der Waals surface area (Å²) in [5.41, 5.74) is 7.44. The largest absolute Gasteiger partial charge is 0.398 e. The van der Waals surface area contributed by atoms with Crippen LogP contribution in [0.4, 0.5) is 11.5 Å². The molecule has 4 N–H and O–H groups in total. The van der Waals surface area contributed by atoms with Crippen LogP contribution in [0.3, 0.4) is 0 Å². The number of hydrogen-bond acceptors (Lipinski definition) is 4. The summed E-state index contributed by atoms with van der Waals surface area (Å²) in [6.45, 7) is 7.72. The standard InChI is InChI=1S/C14H20N4O2S/c1-9-10(15)6-5-7-11(9)21(19,20)18-13-8-12(16-17-13)14(2,3)4/h5-8H,15H2,1-4H3,(H2,16,17,18). The number of anilines is 2. The van der Waals surface area contributed by atoms with Crippen LogP contribution in [0.5, 0.6) is 0 Å². The number of nitrogens with two attached hydrogens (primary N) is 1. The second kappa shape index (κ2) is 5.07. The molecule has 114 valence electrons. The Hall–Kier alpha value is -2.02. The molecule has 21 heavy (non-hydrogen) atoms. The second-order valence-corrected chi connectivity index (χ2v) is 7.64. The van der Waals surface area contributed by atoms with Crippen LogP contribution in [-0.2, 0) is 15.4 Å². The Morgan fingerprint density at radius 3 is 2.52 bits per heavy atom. The summed E-state index contributed by atoms with van der Waals surface area (Å²) in [5, 5.41) is 6.84. The van der Waals surface area contributed by atoms with E-state index in [9.17, 15) is 8.42 Å². The molecule has 0 radical (unpaired) electrons. The van der Waals surface area contributed by atoms with Gasteiger partial charge in [-0.05, 0) is 24.6 Å². The van der Waals surface area contributed by atoms with Crippen molar-refractivity contribution in [3.63, 3.8) is 0 Å². The quantitative estimate of drug-likeness (QED) is 0.758. The van der Waals surface area contributed by atoms with Gasteiger partial charge in [0, 0.05) is 22.9 Å². The molecule has 0 aliphatic rings. The van der Waals surface area contributed by atoms with Crippen molar-refractivity contribution < 1.29 is 8.42 Å². The van der Waals surface area contributed by atoms with E-state index in [2.05, 4.69) is 14.9 Å². The summed E-state index contributed by atoms with van der Waals surface area (Å²) in [6.07, 6.45) is 0. The van der Waals surface area contributed by atoms with Crippen LogP contribution in [-0.4, -0.2) is 18.6 Å². The summed E-state index contributed by atoms with van der Waals surface area (Å²) < 4.78 is 27.3. The smallest absolute Gasteiger partial charge is 0.263 e. The van der Waals surface area contributed by atoms with Crippen LogP contribution >= 0.6 is 0 Å². The summed E-state index contributed by atoms with van der Waals surface area (Å²) in [7, 11) is -3.71. The van der Waals surface area contributed by atoms with Crippen LogP contribution in [0.2, 0.25) is 0 Å². The average Bonchev–Trinajstić information content (AvgIpc) is 2.80. The zero-order valence-electron chi connectivity index (χ0n) is 12.6. The van der Waals surface area contributed by atoms with Crippen molar-refractivity contribution in [3.05, 3.63) is 35.5 Å². The van der Waals surface area contributed by atoms with Gasteiger partial charge in [-0.2, -0.15) is 5.10 Å². The lowest BCUT2D eigenvalue weighted by molar-refractivity contribution is 0.567. The van der Waals surface area contributed by atoms with E-state index in [1.165, 1.54) is 6.07 Å². The monoisotopic (exact) mass is 308 g/mol. The number of hydrogen-bond donors (Lipinski definition) is 3. The topological polar surface area (TPSA) is 101 Å². The predicted octanol–water partition coefficient (Wildman–Crippen LogP) is 2.40. The Morgan fingerprint density at radius 2 is 1.95 bits per heavy atom. The predicted molar refractivity (Wildman–Crippen MR) is 83.7 cm³/mol. The molecule has 0 saturated heterocycles. The van der Waals surface area contributed by atoms with Crippen molar-refractivity contribution in [3.8, 4) is 0 Å². The van der Waals surface area contributed by atoms with Gasteiger partial charge in [-0.1, -0.05) is 26.8 Å². The van der Waals surface area contributed by atoms with Gasteiger partial charge in [0.2, 0.25) is 0 Å². The van der Waals surface area contributed by atoms with Gasteiger partial charge in [-0.15, -0.1) is 0 Å². The lowest BCUT2D eigenvalue weighted by Gasteiger charge is -2.14. The molecule has 0 aliphatic heterocycles. The van der Waals surface area contributed by atoms with Crippen molar-refractivity contribution in [2.24, 2.45) is 0 Å². The lowest BCUT2D eigenvalue weighted by Crippen LogP contribution is -2.15. The van der Waals surface area contributed by atoms with Gasteiger partial charge in [0.1, 0.15) is 0 Å². The highest BCUT2D eigenvalue weighted by Gasteiger charge is 2.21. The van der Waals surface area contributed by atoms with Gasteiger partial charge in [-0.3, -0.25) is 9.82 Å². The van der Waals surface area contributed by atoms with Crippen molar-refractivity contribution >= 4 is 21.5 Å². The lowest BCUT2D eigenvalue weighted by atomic mass is 9.92. The number of nitrogens with one attached hydrogen (secondary N) is 2. The van der Waals surface area contributed by atoms with Crippen molar-refractivity contribution in [1.82, 2.24) is 10.2 Å². The van der Waals surface area contributed by atoms with Crippen LogP contribution in [0, 0.1) is 6.92 Å². The number of nitrogens with zero attached hydrogens (tertiary/aromatic N) is 1. The Bertz CT molecular complexity index is 758. The van der Waals surface area contributed by atoms with E-state index in [-0.39, 0.29) is 16.1 Å². The minimum Gasteiger partial charge on any atom is -0.398 e. The third kappa shape index (κ3) is 3.18. The number of benzene rings is 1. The van der Waals surface area contributed by atoms with Crippen LogP contribution in [0.1, 0.15) is 32.0 Å². The molecule has 0 atom stereocenters. The molecule has 1 aromatic carbocycles. The van der Waals surface area contributed by atoms with Crippen molar-refractivity contribution in [1.29, 1.82) is 0 Å². The average molecular weight is 308 g/mol. The Morgan fingerprint density at radius 1 is 1.29 bits per heavy atom. The highest BCUT2D eigenvalue weighted by molar-refractivity contribution is 7.92. The van der Waals surface area contributed by atoms with E-state index >= 15 is 0 Å². The molecule has 2 aromatic rings. The first kappa shape index (κ1) is 15.4. The SMILES string of the molecule is Cc1c(N)cccc1S(=O)(=O)Nc1cc(C(C)(C)C)[nH]n1. The van der Waals surface area contributed by atoms with Crippen LogP contribution < -0.4 is 10.5 Å². The molecule has 7 heteroatoms. The zero-order valence-corrected chi connectivity index (χ0v) is 13.4. The third-order valence-corrected chi connectivity index (χ3v) is 4.74. The fourth-order valence-electron chi connectivity index (χ4n) is 1.87. The molecule has 0 aliphatic carbocycles. The molecule has 1 aromatic heterocycles. The first-order valence-corrected chi connectivity index (χ1v) is 8.03. The summed E-state index contributed by atoms with van der Waals surface area (Å²) in [5.74, 6) is 0.266. The van der Waals surface area contributed by atoms with E-state index in [0.29, 0.717) is 11.3 Å². The highest BCUT2D eigenvalue weighted by Crippen LogP contribution is 2.25. The van der Waals surface area contributed by atoms with Crippen LogP contribution in [0.15, 0.2) is 29.2 Å². The fourth-order valence-corrected chi connectivity index (χ4v) is 3.14. The number of rotatable bonds is 3. The van der Waals surface area contributed by atoms with Gasteiger partial charge in [0.05, 0.1) is 4.90 Å². The minimum absolute atomic E-state index is 0.135. The molecule has 0 unspecified atom stereocenters. The normalized spacial score (nSPS) is 12.4. The molecule has 2 rings (SSSR count). The Kier molecular flexibility index (Phi) is 3.71. The van der Waals surface area contributed by atoms with E-state index in [1.807, 2.05) is 20.8 Å². The maximum atomic E-state index is 12.4. The summed E-state index contributed by atoms with van der Waals surface area (Å²) in [4.78, 5) is 0.155. The van der Waals surface area contributed by atoms with Gasteiger partial charge in [-0.25, -0.2) is 8.42 Å². The number of aromatic amines is 1. The second-order valence-electron chi connectivity index (χ2n) is 5.99. The van der Waals surface area contributed by atoms with Crippen LogP contribution in [0.25, 0.3) is 0 Å². The molecule has 0 bridgehead atoms. The number of aromatic nitrogens is 2. The molecule has 6 nitrogen and oxygen atoms in total. The van der Waals surface area contributed by atoms with E-state index in [1.54, 1.807) is 25.1 Å². The fraction of sp³-hybridized carbons (Fsp3) is 0.357. The maximum absolute atomic E-state index is 12.4. The Labute approximate surface area is 124 Å². The van der Waals surface area contributed by atoms with Gasteiger partial charge < -0.3 is 5.73 Å². The van der Waals surface area contributed by atoms with E-state index in [0.717, 1.165) is 5.69 Å². The van der Waals surface area contributed by atoms with Gasteiger partial charge in [0.25, 0.3) is 10.0 Å².